The number of para-hydroxylation sites is 1. The molecule has 5 nitrogen and oxygen atoms in total. The van der Waals surface area contributed by atoms with Crippen LogP contribution in [0.2, 0.25) is 5.02 Å². The van der Waals surface area contributed by atoms with Crippen molar-refractivity contribution in [3.63, 3.8) is 0 Å². The number of aromatic nitrogens is 1. The number of sulfonamides is 1. The second-order valence-corrected chi connectivity index (χ2v) is 10.9. The van der Waals surface area contributed by atoms with Crippen LogP contribution in [0.4, 0.5) is 13.2 Å². The average molecular weight is 513 g/mol. The Morgan fingerprint density at radius 1 is 1.09 bits per heavy atom. The van der Waals surface area contributed by atoms with E-state index < -0.39 is 43.3 Å². The molecule has 0 saturated heterocycles. The summed E-state index contributed by atoms with van der Waals surface area (Å²) in [5.41, 5.74) is 0.134. The average Bonchev–Trinajstić information content (AvgIpc) is 2.78. The molecular weight excluding hydrogens is 489 g/mol. The molecule has 0 amide bonds. The standard InChI is InChI=1S/C24H24ClF3N2O3S/c1-15-6-5-7-16-12-17(23(31)29-22(15)16)14-30(18-8-3-2-4-9-18)34(32,33)19-10-11-21(25)20(13-19)24(26,27)28/h5-7,10-13,18H,2-4,8-9,14H2,1H3,(H,29,31). The van der Waals surface area contributed by atoms with E-state index in [2.05, 4.69) is 4.98 Å². The summed E-state index contributed by atoms with van der Waals surface area (Å²) in [7, 11) is -4.35. The first-order valence-corrected chi connectivity index (χ1v) is 12.8. The Kier molecular flexibility index (Phi) is 6.81. The van der Waals surface area contributed by atoms with Gasteiger partial charge in [-0.25, -0.2) is 8.42 Å². The second kappa shape index (κ2) is 9.36. The molecule has 1 N–H and O–H groups in total. The van der Waals surface area contributed by atoms with Crippen molar-refractivity contribution in [1.82, 2.24) is 9.29 Å². The molecule has 0 atom stereocenters. The number of alkyl halides is 3. The van der Waals surface area contributed by atoms with Gasteiger partial charge in [-0.05, 0) is 55.0 Å². The molecule has 0 unspecified atom stereocenters. The number of hydrogen-bond donors (Lipinski definition) is 1. The van der Waals surface area contributed by atoms with E-state index in [-0.39, 0.29) is 12.1 Å². The molecule has 0 bridgehead atoms. The number of fused-ring (bicyclic) bond motifs is 1. The van der Waals surface area contributed by atoms with Gasteiger partial charge in [-0.1, -0.05) is 49.1 Å². The van der Waals surface area contributed by atoms with Gasteiger partial charge in [0.05, 0.1) is 21.0 Å². The van der Waals surface area contributed by atoms with E-state index in [4.69, 9.17) is 11.6 Å². The van der Waals surface area contributed by atoms with Gasteiger partial charge in [-0.3, -0.25) is 4.79 Å². The van der Waals surface area contributed by atoms with E-state index in [1.54, 1.807) is 6.07 Å². The number of H-pyrrole nitrogens is 1. The SMILES string of the molecule is Cc1cccc2cc(CN(C3CCCCC3)S(=O)(=O)c3ccc(Cl)c(C(F)(F)F)c3)c(=O)[nH]c12. The van der Waals surface area contributed by atoms with Crippen molar-refractivity contribution in [2.24, 2.45) is 0 Å². The molecule has 10 heteroatoms. The van der Waals surface area contributed by atoms with E-state index in [0.29, 0.717) is 24.4 Å². The van der Waals surface area contributed by atoms with Crippen molar-refractivity contribution in [3.05, 3.63) is 74.5 Å². The van der Waals surface area contributed by atoms with E-state index >= 15 is 0 Å². The predicted molar refractivity (Wildman–Crippen MR) is 125 cm³/mol. The van der Waals surface area contributed by atoms with Crippen LogP contribution in [0.1, 0.15) is 48.8 Å². The van der Waals surface area contributed by atoms with Crippen molar-refractivity contribution in [2.75, 3.05) is 0 Å². The Morgan fingerprint density at radius 2 is 1.79 bits per heavy atom. The van der Waals surface area contributed by atoms with E-state index in [9.17, 15) is 26.4 Å². The lowest BCUT2D eigenvalue weighted by Crippen LogP contribution is -2.42. The molecule has 1 aromatic heterocycles. The van der Waals surface area contributed by atoms with Crippen LogP contribution in [0, 0.1) is 6.92 Å². The van der Waals surface area contributed by atoms with Gasteiger partial charge in [0.2, 0.25) is 10.0 Å². The lowest BCUT2D eigenvalue weighted by Gasteiger charge is -2.33. The van der Waals surface area contributed by atoms with Crippen LogP contribution >= 0.6 is 11.6 Å². The molecule has 34 heavy (non-hydrogen) atoms. The monoisotopic (exact) mass is 512 g/mol. The number of aryl methyl sites for hydroxylation is 1. The van der Waals surface area contributed by atoms with Crippen LogP contribution in [0.5, 0.6) is 0 Å². The van der Waals surface area contributed by atoms with Gasteiger partial charge in [0.25, 0.3) is 5.56 Å². The van der Waals surface area contributed by atoms with Gasteiger partial charge in [-0.15, -0.1) is 0 Å². The molecule has 1 heterocycles. The molecule has 1 aliphatic carbocycles. The number of hydrogen-bond acceptors (Lipinski definition) is 3. The molecule has 0 radical (unpaired) electrons. The lowest BCUT2D eigenvalue weighted by atomic mass is 9.95. The Balaban J connectivity index is 1.81. The summed E-state index contributed by atoms with van der Waals surface area (Å²) in [5.74, 6) is 0. The third-order valence-corrected chi connectivity index (χ3v) is 8.55. The van der Waals surface area contributed by atoms with Crippen LogP contribution in [-0.4, -0.2) is 23.7 Å². The smallest absolute Gasteiger partial charge is 0.321 e. The molecule has 0 spiro atoms. The fourth-order valence-electron chi connectivity index (χ4n) is 4.51. The zero-order valence-electron chi connectivity index (χ0n) is 18.5. The predicted octanol–water partition coefficient (Wildman–Crippen LogP) is 6.03. The molecule has 182 valence electrons. The van der Waals surface area contributed by atoms with Crippen LogP contribution in [0.3, 0.4) is 0 Å². The maximum absolute atomic E-state index is 13.7. The van der Waals surface area contributed by atoms with Crippen LogP contribution in [0.15, 0.2) is 52.2 Å². The maximum atomic E-state index is 13.7. The minimum atomic E-state index is -4.80. The maximum Gasteiger partial charge on any atom is 0.417 e. The zero-order chi connectivity index (χ0) is 24.7. The van der Waals surface area contributed by atoms with Crippen LogP contribution in [0.25, 0.3) is 10.9 Å². The number of benzene rings is 2. The number of halogens is 4. The largest absolute Gasteiger partial charge is 0.417 e. The highest BCUT2D eigenvalue weighted by Gasteiger charge is 2.37. The third-order valence-electron chi connectivity index (χ3n) is 6.32. The van der Waals surface area contributed by atoms with Crippen LogP contribution in [-0.2, 0) is 22.7 Å². The summed E-state index contributed by atoms with van der Waals surface area (Å²) in [6, 6.07) is 9.33. The highest BCUT2D eigenvalue weighted by Crippen LogP contribution is 2.37. The second-order valence-electron chi connectivity index (χ2n) is 8.64. The summed E-state index contributed by atoms with van der Waals surface area (Å²) in [6.07, 6.45) is -1.09. The van der Waals surface area contributed by atoms with E-state index in [1.165, 1.54) is 4.31 Å². The highest BCUT2D eigenvalue weighted by molar-refractivity contribution is 7.89. The lowest BCUT2D eigenvalue weighted by molar-refractivity contribution is -0.137. The fraction of sp³-hybridized carbons (Fsp3) is 0.375. The van der Waals surface area contributed by atoms with Crippen molar-refractivity contribution in [1.29, 1.82) is 0 Å². The van der Waals surface area contributed by atoms with Gasteiger partial charge >= 0.3 is 6.18 Å². The minimum Gasteiger partial charge on any atom is -0.321 e. The first-order chi connectivity index (χ1) is 16.0. The number of nitrogens with zero attached hydrogens (tertiary/aromatic N) is 1. The number of rotatable bonds is 5. The molecule has 1 fully saturated rings. The molecule has 4 rings (SSSR count). The van der Waals surface area contributed by atoms with Crippen molar-refractivity contribution in [3.8, 4) is 0 Å². The minimum absolute atomic E-state index is 0.234. The topological polar surface area (TPSA) is 70.2 Å². The first-order valence-electron chi connectivity index (χ1n) is 11.0. The fourth-order valence-corrected chi connectivity index (χ4v) is 6.43. The van der Waals surface area contributed by atoms with Crippen molar-refractivity contribution in [2.45, 2.75) is 62.7 Å². The Morgan fingerprint density at radius 3 is 2.47 bits per heavy atom. The number of pyridine rings is 1. The van der Waals surface area contributed by atoms with Gasteiger partial charge in [-0.2, -0.15) is 17.5 Å². The van der Waals surface area contributed by atoms with Crippen molar-refractivity contribution >= 4 is 32.5 Å². The molecular formula is C24H24ClF3N2O3S. The Labute approximate surface area is 200 Å². The van der Waals surface area contributed by atoms with E-state index in [1.807, 2.05) is 25.1 Å². The number of nitrogens with one attached hydrogen (secondary N) is 1. The van der Waals surface area contributed by atoms with Gasteiger partial charge in [0.15, 0.2) is 0 Å². The summed E-state index contributed by atoms with van der Waals surface area (Å²) in [6.45, 7) is 1.62. The van der Waals surface area contributed by atoms with Crippen molar-refractivity contribution < 1.29 is 21.6 Å². The quantitative estimate of drug-likeness (QED) is 0.453. The summed E-state index contributed by atoms with van der Waals surface area (Å²) in [4.78, 5) is 15.2. The molecule has 2 aromatic carbocycles. The summed E-state index contributed by atoms with van der Waals surface area (Å²) >= 11 is 5.70. The van der Waals surface area contributed by atoms with Gasteiger partial charge < -0.3 is 4.98 Å². The van der Waals surface area contributed by atoms with Gasteiger partial charge in [0.1, 0.15) is 0 Å². The first kappa shape index (κ1) is 24.8. The zero-order valence-corrected chi connectivity index (χ0v) is 20.0. The molecule has 1 aliphatic rings. The van der Waals surface area contributed by atoms with Gasteiger partial charge in [0, 0.05) is 18.2 Å². The number of aromatic amines is 1. The van der Waals surface area contributed by atoms with Crippen LogP contribution < -0.4 is 5.56 Å². The Bertz CT molecular complexity index is 1380. The third kappa shape index (κ3) is 4.87. The van der Waals surface area contributed by atoms with E-state index in [0.717, 1.165) is 42.3 Å². The molecule has 1 saturated carbocycles. The normalized spacial score (nSPS) is 15.8. The summed E-state index contributed by atoms with van der Waals surface area (Å²) < 4.78 is 68.7. The molecule has 0 aliphatic heterocycles. The Hall–Kier alpha value is -2.36. The highest BCUT2D eigenvalue weighted by atomic mass is 35.5. The summed E-state index contributed by atoms with van der Waals surface area (Å²) in [5, 5.41) is 0.179. The molecule has 3 aromatic rings.